The molecule has 0 saturated carbocycles. The van der Waals surface area contributed by atoms with Crippen molar-refractivity contribution in [3.05, 3.63) is 49.5 Å². The molecular weight excluding hydrogens is 327 g/mol. The molecule has 0 aliphatic heterocycles. The van der Waals surface area contributed by atoms with Gasteiger partial charge in [0.05, 0.1) is 0 Å². The van der Waals surface area contributed by atoms with E-state index in [1.807, 2.05) is 0 Å². The molecule has 9 nitrogen and oxygen atoms in total. The van der Waals surface area contributed by atoms with Gasteiger partial charge in [0, 0.05) is 59.1 Å². The first-order valence-corrected chi connectivity index (χ1v) is 1.71. The molecule has 0 aromatic heterocycles. The molecule has 0 aliphatic carbocycles. The largest absolute Gasteiger partial charge is 6.00 e. The van der Waals surface area contributed by atoms with E-state index in [9.17, 15) is 0 Å². The number of rotatable bonds is 0. The molecule has 0 N–H and O–H groups in total. The van der Waals surface area contributed by atoms with Gasteiger partial charge in [0.15, 0.2) is 0 Å². The monoisotopic (exact) mass is 327 g/mol. The van der Waals surface area contributed by atoms with Gasteiger partial charge in [-0.2, -0.15) is 0 Å². The minimum Gasteiger partial charge on any atom is -0.512 e. The molecule has 0 fully saturated rings. The summed E-state index contributed by atoms with van der Waals surface area (Å²) >= 11 is 0. The Balaban J connectivity index is -0.00000000425. The summed E-state index contributed by atoms with van der Waals surface area (Å²) in [7, 11) is 0. The van der Waals surface area contributed by atoms with Crippen LogP contribution >= 0.6 is 0 Å². The predicted molar refractivity (Wildman–Crippen MR) is 50.5 cm³/mol. The van der Waals surface area contributed by atoms with Crippen LogP contribution in [0.1, 0.15) is 0 Å². The van der Waals surface area contributed by atoms with Gasteiger partial charge in [-0.1, -0.05) is 0 Å². The Morgan fingerprint density at radius 1 is 0.632 bits per heavy atom. The molecule has 0 amide bonds. The van der Waals surface area contributed by atoms with Gasteiger partial charge in [-0.05, 0) is 0 Å². The Labute approximate surface area is 189 Å². The van der Waals surface area contributed by atoms with Crippen molar-refractivity contribution >= 4 is 59.1 Å². The summed E-state index contributed by atoms with van der Waals surface area (Å²) < 4.78 is 0. The van der Waals surface area contributed by atoms with Crippen molar-refractivity contribution in [3.63, 3.8) is 0 Å². The fourth-order valence-corrected chi connectivity index (χ4v) is 0. The first kappa shape index (κ1) is 97.4. The first-order chi connectivity index (χ1) is 7.41. The second-order valence-electron chi connectivity index (χ2n) is 0.0745. The molecule has 0 saturated heterocycles. The Morgan fingerprint density at radius 2 is 0.632 bits per heavy atom. The van der Waals surface area contributed by atoms with Gasteiger partial charge >= 0.3 is 46.6 Å². The van der Waals surface area contributed by atoms with Gasteiger partial charge in [-0.15, -0.1) is 5.34 Å². The normalized spacial score (nSPS) is 1.26. The Hall–Kier alpha value is -0.141. The molecule has 19 heavy (non-hydrogen) atoms. The van der Waals surface area contributed by atoms with Crippen LogP contribution in [0.4, 0.5) is 0 Å². The summed E-state index contributed by atoms with van der Waals surface area (Å²) in [5, 5.41) is 46.5. The van der Waals surface area contributed by atoms with Crippen LogP contribution in [0.3, 0.4) is 0 Å². The Kier molecular flexibility index (Phi) is 35200. The van der Waals surface area contributed by atoms with Crippen molar-refractivity contribution in [3.8, 4) is 0 Å². The number of hydrogen-bond acceptors (Lipinski definition) is 9. The zero-order chi connectivity index (χ0) is 14.7. The maximum absolute atomic E-state index is 8.00. The van der Waals surface area contributed by atoms with Gasteiger partial charge < -0.3 is 81.1 Å². The van der Waals surface area contributed by atoms with Crippen LogP contribution in [-0.2, 0) is 17.1 Å². The Morgan fingerprint density at radius 3 is 0.632 bits per heavy atom. The molecule has 0 rings (SSSR count). The summed E-state index contributed by atoms with van der Waals surface area (Å²) in [4.78, 5) is 8.00. The molecule has 82 valence electrons. The maximum Gasteiger partial charge on any atom is 6.00 e. The SMILES string of the molecule is O=N[O-].[C-]#N.[C-]#N.[C-]#N.[C-]#N.[C-]#N.[C-]#N.[Fe+6].[Na+].[Na].[Na]. The zero-order valence-electron chi connectivity index (χ0n) is 10.3. The summed E-state index contributed by atoms with van der Waals surface area (Å²) in [5.74, 6) is 0. The topological polar surface area (TPSA) is 195 Å². The summed E-state index contributed by atoms with van der Waals surface area (Å²) in [6, 6.07) is 0. The molecule has 0 aromatic rings. The standard InChI is InChI=1S/6CN.Fe.HNO2.3Na/c6*1-2;;2-1-3;;;/h;;;;;;;(H,2,3);;;/q6*-1;+6;;;;+1/p-1. The molecular formula is C6FeN7Na3O2. The van der Waals surface area contributed by atoms with Crippen molar-refractivity contribution in [2.24, 2.45) is 5.34 Å². The molecule has 2 radical (unpaired) electrons. The van der Waals surface area contributed by atoms with Gasteiger partial charge in [0.2, 0.25) is 0 Å². The summed E-state index contributed by atoms with van der Waals surface area (Å²) in [5.41, 5.74) is 0. The van der Waals surface area contributed by atoms with Crippen molar-refractivity contribution in [2.75, 3.05) is 0 Å². The summed E-state index contributed by atoms with van der Waals surface area (Å²) in [6.45, 7) is 28.5. The fourth-order valence-electron chi connectivity index (χ4n) is 0. The average molecular weight is 327 g/mol. The molecule has 13 heteroatoms. The van der Waals surface area contributed by atoms with Crippen LogP contribution in [0.25, 0.3) is 0 Å². The maximum atomic E-state index is 8.00. The van der Waals surface area contributed by atoms with Gasteiger partial charge in [0.1, 0.15) is 0 Å². The predicted octanol–water partition coefficient (Wildman–Crippen LogP) is -2.93. The van der Waals surface area contributed by atoms with E-state index >= 15 is 0 Å². The minimum absolute atomic E-state index is 0. The van der Waals surface area contributed by atoms with E-state index in [0.29, 0.717) is 0 Å². The van der Waals surface area contributed by atoms with Crippen molar-refractivity contribution in [1.82, 2.24) is 0 Å². The van der Waals surface area contributed by atoms with Crippen molar-refractivity contribution in [2.45, 2.75) is 0 Å². The number of hydrogen-bond donors (Lipinski definition) is 0. The van der Waals surface area contributed by atoms with Crippen molar-refractivity contribution < 1.29 is 46.6 Å². The quantitative estimate of drug-likeness (QED) is 0.195. The smallest absolute Gasteiger partial charge is 0.512 e. The van der Waals surface area contributed by atoms with Crippen LogP contribution in [0.5, 0.6) is 0 Å². The van der Waals surface area contributed by atoms with E-state index in [-0.39, 0.29) is 106 Å². The number of nitrogens with zero attached hydrogens (tertiary/aromatic N) is 7. The second-order valence-corrected chi connectivity index (χ2v) is 0.0745. The fraction of sp³-hybridized carbons (Fsp3) is 0. The van der Waals surface area contributed by atoms with E-state index < -0.39 is 0 Å². The second kappa shape index (κ2) is 6870. The van der Waals surface area contributed by atoms with Crippen LogP contribution in [0, 0.1) is 81.1 Å². The molecule has 0 spiro atoms. The summed E-state index contributed by atoms with van der Waals surface area (Å²) in [6.07, 6.45) is 0. The van der Waals surface area contributed by atoms with Gasteiger partial charge in [-0.3, -0.25) is 0 Å². The van der Waals surface area contributed by atoms with Crippen LogP contribution in [-0.4, -0.2) is 59.1 Å². The van der Waals surface area contributed by atoms with Crippen LogP contribution in [0.15, 0.2) is 5.34 Å². The van der Waals surface area contributed by atoms with Crippen molar-refractivity contribution in [1.29, 1.82) is 31.6 Å². The average Bonchev–Trinajstić information content (AvgIpc) is 2.44. The van der Waals surface area contributed by atoms with Gasteiger partial charge in [-0.25, -0.2) is 0 Å². The molecule has 0 aliphatic rings. The molecule has 0 bridgehead atoms. The van der Waals surface area contributed by atoms with E-state index in [1.165, 1.54) is 0 Å². The molecule has 0 heterocycles. The van der Waals surface area contributed by atoms with E-state index in [0.717, 1.165) is 5.34 Å². The molecule has 0 unspecified atom stereocenters. The first-order valence-electron chi connectivity index (χ1n) is 1.71. The van der Waals surface area contributed by atoms with E-state index in [2.05, 4.69) is 0 Å². The van der Waals surface area contributed by atoms with E-state index in [4.69, 9.17) is 81.1 Å². The Bertz CT molecular complexity index is 146. The molecule has 0 atom stereocenters. The van der Waals surface area contributed by atoms with Crippen LogP contribution < -0.4 is 29.6 Å². The van der Waals surface area contributed by atoms with Crippen LogP contribution in [0.2, 0.25) is 0 Å². The minimum atomic E-state index is 0. The molecule has 0 aromatic carbocycles. The third-order valence-corrected chi connectivity index (χ3v) is 0. The van der Waals surface area contributed by atoms with E-state index in [1.54, 1.807) is 0 Å². The van der Waals surface area contributed by atoms with Gasteiger partial charge in [0.25, 0.3) is 0 Å². The zero-order valence-corrected chi connectivity index (χ0v) is 17.4. The third kappa shape index (κ3) is 227000. The third-order valence-electron chi connectivity index (χ3n) is 0.